The van der Waals surface area contributed by atoms with Gasteiger partial charge in [-0.3, -0.25) is 4.79 Å². The minimum absolute atomic E-state index is 0.192. The number of carbonyl (C=O) groups excluding carboxylic acids is 1. The van der Waals surface area contributed by atoms with Gasteiger partial charge in [0, 0.05) is 13.0 Å². The highest BCUT2D eigenvalue weighted by Gasteiger charge is 2.21. The van der Waals surface area contributed by atoms with E-state index in [2.05, 4.69) is 20.3 Å². The summed E-state index contributed by atoms with van der Waals surface area (Å²) in [6.07, 6.45) is 0.713. The van der Waals surface area contributed by atoms with Crippen LogP contribution < -0.4 is 5.32 Å². The van der Waals surface area contributed by atoms with Gasteiger partial charge in [0.25, 0.3) is 5.91 Å². The van der Waals surface area contributed by atoms with E-state index in [9.17, 15) is 4.79 Å². The van der Waals surface area contributed by atoms with E-state index in [-0.39, 0.29) is 5.91 Å². The molecule has 0 saturated heterocycles. The standard InChI is InChI=1S/C5H5N3O2/c9-5-4-3(1-2-6-5)7-10-8-4/h1-2H2,(H,6,9). The van der Waals surface area contributed by atoms with Gasteiger partial charge in [0.2, 0.25) is 0 Å². The number of carbonyl (C=O) groups is 1. The Hall–Kier alpha value is -1.39. The molecule has 0 fully saturated rings. The number of fused-ring (bicyclic) bond motifs is 1. The van der Waals surface area contributed by atoms with Crippen molar-refractivity contribution in [2.24, 2.45) is 0 Å². The molecule has 0 bridgehead atoms. The predicted octanol–water partition coefficient (Wildman–Crippen LogP) is -0.645. The van der Waals surface area contributed by atoms with Crippen molar-refractivity contribution in [2.75, 3.05) is 6.54 Å². The molecule has 0 radical (unpaired) electrons. The highest BCUT2D eigenvalue weighted by Crippen LogP contribution is 2.06. The summed E-state index contributed by atoms with van der Waals surface area (Å²) in [4.78, 5) is 10.9. The van der Waals surface area contributed by atoms with Gasteiger partial charge in [-0.2, -0.15) is 0 Å². The van der Waals surface area contributed by atoms with E-state index < -0.39 is 0 Å². The van der Waals surface area contributed by atoms with Crippen LogP contribution in [0.4, 0.5) is 0 Å². The molecular weight excluding hydrogens is 134 g/mol. The van der Waals surface area contributed by atoms with Gasteiger partial charge in [-0.25, -0.2) is 4.63 Å². The molecule has 2 rings (SSSR count). The lowest BCUT2D eigenvalue weighted by Crippen LogP contribution is -2.31. The maximum absolute atomic E-state index is 10.9. The molecule has 1 aromatic heterocycles. The lowest BCUT2D eigenvalue weighted by molar-refractivity contribution is 0.0937. The van der Waals surface area contributed by atoms with Crippen LogP contribution in [0.25, 0.3) is 0 Å². The summed E-state index contributed by atoms with van der Waals surface area (Å²) in [6.45, 7) is 0.625. The van der Waals surface area contributed by atoms with Crippen LogP contribution in [0.1, 0.15) is 16.2 Å². The second kappa shape index (κ2) is 1.80. The highest BCUT2D eigenvalue weighted by molar-refractivity contribution is 5.93. The molecule has 0 aliphatic carbocycles. The molecule has 0 atom stereocenters. The number of rotatable bonds is 0. The topological polar surface area (TPSA) is 68.0 Å². The first-order valence-corrected chi connectivity index (χ1v) is 2.97. The summed E-state index contributed by atoms with van der Waals surface area (Å²) in [5, 5.41) is 9.62. The maximum Gasteiger partial charge on any atom is 0.275 e. The third-order valence-corrected chi connectivity index (χ3v) is 1.42. The van der Waals surface area contributed by atoms with E-state index in [1.165, 1.54) is 0 Å². The second-order valence-corrected chi connectivity index (χ2v) is 2.07. The Balaban J connectivity index is 2.50. The lowest BCUT2D eigenvalue weighted by atomic mass is 10.2. The number of nitrogens with one attached hydrogen (secondary N) is 1. The van der Waals surface area contributed by atoms with Gasteiger partial charge in [-0.15, -0.1) is 0 Å². The van der Waals surface area contributed by atoms with E-state index in [0.29, 0.717) is 24.4 Å². The van der Waals surface area contributed by atoms with Crippen molar-refractivity contribution in [3.05, 3.63) is 11.4 Å². The summed E-state index contributed by atoms with van der Waals surface area (Å²) in [5.74, 6) is -0.192. The quantitative estimate of drug-likeness (QED) is 0.518. The van der Waals surface area contributed by atoms with E-state index >= 15 is 0 Å². The smallest absolute Gasteiger partial charge is 0.275 e. The van der Waals surface area contributed by atoms with Crippen LogP contribution >= 0.6 is 0 Å². The van der Waals surface area contributed by atoms with E-state index in [1.54, 1.807) is 0 Å². The minimum atomic E-state index is -0.192. The van der Waals surface area contributed by atoms with E-state index in [4.69, 9.17) is 0 Å². The molecule has 1 aromatic rings. The van der Waals surface area contributed by atoms with Crippen LogP contribution in [0, 0.1) is 0 Å². The first-order valence-electron chi connectivity index (χ1n) is 2.97. The Morgan fingerprint density at radius 1 is 1.50 bits per heavy atom. The van der Waals surface area contributed by atoms with Crippen LogP contribution in [-0.4, -0.2) is 22.8 Å². The minimum Gasteiger partial charge on any atom is -0.350 e. The molecule has 2 heterocycles. The Labute approximate surface area is 56.4 Å². The normalized spacial score (nSPS) is 16.2. The molecule has 0 spiro atoms. The molecule has 1 amide bonds. The zero-order chi connectivity index (χ0) is 6.97. The van der Waals surface area contributed by atoms with E-state index in [0.717, 1.165) is 0 Å². The van der Waals surface area contributed by atoms with Crippen LogP contribution in [0.15, 0.2) is 4.63 Å². The molecule has 5 heteroatoms. The van der Waals surface area contributed by atoms with Gasteiger partial charge >= 0.3 is 0 Å². The Morgan fingerprint density at radius 3 is 3.20 bits per heavy atom. The molecule has 1 N–H and O–H groups in total. The number of aromatic nitrogens is 2. The fourth-order valence-corrected chi connectivity index (χ4v) is 0.921. The van der Waals surface area contributed by atoms with Crippen molar-refractivity contribution >= 4 is 5.91 Å². The summed E-state index contributed by atoms with van der Waals surface area (Å²) < 4.78 is 4.38. The zero-order valence-corrected chi connectivity index (χ0v) is 5.13. The highest BCUT2D eigenvalue weighted by atomic mass is 16.6. The monoisotopic (exact) mass is 139 g/mol. The molecule has 1 aliphatic heterocycles. The van der Waals surface area contributed by atoms with Crippen LogP contribution in [0.2, 0.25) is 0 Å². The maximum atomic E-state index is 10.9. The third kappa shape index (κ3) is 0.601. The second-order valence-electron chi connectivity index (χ2n) is 2.07. The summed E-state index contributed by atoms with van der Waals surface area (Å²) in [5.41, 5.74) is 0.981. The molecule has 0 unspecified atom stereocenters. The average molecular weight is 139 g/mol. The van der Waals surface area contributed by atoms with Crippen molar-refractivity contribution in [1.82, 2.24) is 15.6 Å². The van der Waals surface area contributed by atoms with Gasteiger partial charge in [-0.05, 0) is 5.16 Å². The SMILES string of the molecule is O=C1NCCc2nonc21. The summed E-state index contributed by atoms with van der Waals surface area (Å²) in [7, 11) is 0. The van der Waals surface area contributed by atoms with Gasteiger partial charge in [0.1, 0.15) is 5.69 Å². The van der Waals surface area contributed by atoms with Crippen molar-refractivity contribution in [1.29, 1.82) is 0 Å². The number of amides is 1. The Bertz CT molecular complexity index is 268. The van der Waals surface area contributed by atoms with E-state index in [1.807, 2.05) is 0 Å². The average Bonchev–Trinajstić information content (AvgIpc) is 2.36. The number of hydrogen-bond donors (Lipinski definition) is 1. The van der Waals surface area contributed by atoms with Crippen molar-refractivity contribution in [3.8, 4) is 0 Å². The van der Waals surface area contributed by atoms with Gasteiger partial charge in [0.05, 0.1) is 0 Å². The van der Waals surface area contributed by atoms with Crippen LogP contribution in [0.3, 0.4) is 0 Å². The number of nitrogens with zero attached hydrogens (tertiary/aromatic N) is 2. The van der Waals surface area contributed by atoms with Crippen molar-refractivity contribution in [2.45, 2.75) is 6.42 Å². The fraction of sp³-hybridized carbons (Fsp3) is 0.400. The summed E-state index contributed by atoms with van der Waals surface area (Å²) >= 11 is 0. The molecule has 5 nitrogen and oxygen atoms in total. The molecular formula is C5H5N3O2. The molecule has 1 aliphatic rings. The molecule has 10 heavy (non-hydrogen) atoms. The summed E-state index contributed by atoms with van der Waals surface area (Å²) in [6, 6.07) is 0. The lowest BCUT2D eigenvalue weighted by Gasteiger charge is -2.06. The molecule has 0 aromatic carbocycles. The Kier molecular flexibility index (Phi) is 0.969. The zero-order valence-electron chi connectivity index (χ0n) is 5.13. The van der Waals surface area contributed by atoms with Crippen molar-refractivity contribution < 1.29 is 9.42 Å². The van der Waals surface area contributed by atoms with Gasteiger partial charge < -0.3 is 5.32 Å². The number of hydrogen-bond acceptors (Lipinski definition) is 4. The third-order valence-electron chi connectivity index (χ3n) is 1.42. The fourth-order valence-electron chi connectivity index (χ4n) is 0.921. The predicted molar refractivity (Wildman–Crippen MR) is 30.3 cm³/mol. The first kappa shape index (κ1) is 5.40. The van der Waals surface area contributed by atoms with Crippen LogP contribution in [0.5, 0.6) is 0 Å². The Morgan fingerprint density at radius 2 is 2.40 bits per heavy atom. The molecule has 0 saturated carbocycles. The first-order chi connectivity index (χ1) is 4.88. The van der Waals surface area contributed by atoms with Gasteiger partial charge in [-0.1, -0.05) is 5.16 Å². The van der Waals surface area contributed by atoms with Crippen LogP contribution in [-0.2, 0) is 6.42 Å². The van der Waals surface area contributed by atoms with Crippen molar-refractivity contribution in [3.63, 3.8) is 0 Å². The molecule has 52 valence electrons. The van der Waals surface area contributed by atoms with Gasteiger partial charge in [0.15, 0.2) is 5.69 Å². The largest absolute Gasteiger partial charge is 0.350 e.